The molecular weight excluding hydrogens is 426 g/mol. The van der Waals surface area contributed by atoms with E-state index in [0.29, 0.717) is 18.9 Å². The number of nitrogens with zero attached hydrogens (tertiary/aromatic N) is 5. The van der Waals surface area contributed by atoms with Gasteiger partial charge in [0.25, 0.3) is 0 Å². The van der Waals surface area contributed by atoms with Gasteiger partial charge < -0.3 is 11.1 Å². The van der Waals surface area contributed by atoms with E-state index in [4.69, 9.17) is 10.8 Å². The lowest BCUT2D eigenvalue weighted by Crippen LogP contribution is -2.39. The first-order chi connectivity index (χ1) is 16.2. The van der Waals surface area contributed by atoms with E-state index >= 15 is 0 Å². The maximum atomic E-state index is 12.7. The van der Waals surface area contributed by atoms with Gasteiger partial charge in [0.05, 0.1) is 23.3 Å². The molecule has 0 bridgehead atoms. The Morgan fingerprint density at radius 3 is 2.65 bits per heavy atom. The molecule has 34 heavy (non-hydrogen) atoms. The topological polar surface area (TPSA) is 103 Å². The molecular formula is C26H31N7O. The molecule has 1 aromatic carbocycles. The Balaban J connectivity index is 1.58. The van der Waals surface area contributed by atoms with Crippen LogP contribution in [0.15, 0.2) is 42.7 Å². The van der Waals surface area contributed by atoms with Crippen LogP contribution in [0.1, 0.15) is 49.0 Å². The molecule has 0 aliphatic heterocycles. The number of Topliss-reactive ketones (excluding diaryl/α,β-unsaturated/α-hetero) is 1. The van der Waals surface area contributed by atoms with E-state index in [0.717, 1.165) is 45.1 Å². The minimum Gasteiger partial charge on any atom is -0.380 e. The number of fused-ring (bicyclic) bond motifs is 1. The number of rotatable bonds is 8. The first-order valence-electron chi connectivity index (χ1n) is 11.7. The Kier molecular flexibility index (Phi) is 5.48. The number of nitrogens with two attached hydrogens (primary N) is 1. The molecule has 0 amide bonds. The van der Waals surface area contributed by atoms with Gasteiger partial charge in [-0.05, 0) is 63.3 Å². The summed E-state index contributed by atoms with van der Waals surface area (Å²) in [7, 11) is 1.90. The van der Waals surface area contributed by atoms with Crippen molar-refractivity contribution in [3.63, 3.8) is 0 Å². The second-order valence-corrected chi connectivity index (χ2v) is 10.1. The number of aromatic nitrogens is 5. The second kappa shape index (κ2) is 8.36. The predicted octanol–water partition coefficient (Wildman–Crippen LogP) is 4.24. The number of aryl methyl sites for hydroxylation is 2. The Labute approximate surface area is 199 Å². The normalized spacial score (nSPS) is 14.0. The summed E-state index contributed by atoms with van der Waals surface area (Å²) in [6.07, 6.45) is 6.58. The number of anilines is 1. The van der Waals surface area contributed by atoms with Crippen LogP contribution in [0.3, 0.4) is 0 Å². The lowest BCUT2D eigenvalue weighted by molar-refractivity contribution is 0.0975. The Morgan fingerprint density at radius 1 is 1.21 bits per heavy atom. The molecule has 0 unspecified atom stereocenters. The third-order valence-electron chi connectivity index (χ3n) is 6.28. The smallest absolute Gasteiger partial charge is 0.177 e. The highest BCUT2D eigenvalue weighted by molar-refractivity contribution is 5.98. The summed E-state index contributed by atoms with van der Waals surface area (Å²) in [6, 6.07) is 9.91. The van der Waals surface area contributed by atoms with Crippen LogP contribution in [0.25, 0.3) is 28.3 Å². The van der Waals surface area contributed by atoms with Gasteiger partial charge in [-0.15, -0.1) is 0 Å². The summed E-state index contributed by atoms with van der Waals surface area (Å²) in [5, 5.41) is 12.7. The van der Waals surface area contributed by atoms with Gasteiger partial charge in [-0.1, -0.05) is 12.1 Å². The minimum absolute atomic E-state index is 0.234. The van der Waals surface area contributed by atoms with Crippen LogP contribution in [0, 0.1) is 12.8 Å². The SMILES string of the molecule is Cc1cc(-c2cnc3c(NCC(C)(C)N)cc(-c4ccnn4C)nn23)ccc1C(=O)CC1CC1. The van der Waals surface area contributed by atoms with Gasteiger partial charge in [0, 0.05) is 42.9 Å². The van der Waals surface area contributed by atoms with Gasteiger partial charge in [0.2, 0.25) is 0 Å². The number of nitrogens with one attached hydrogen (secondary N) is 1. The number of ketones is 1. The first-order valence-corrected chi connectivity index (χ1v) is 11.7. The molecule has 1 fully saturated rings. The maximum absolute atomic E-state index is 12.7. The van der Waals surface area contributed by atoms with E-state index in [-0.39, 0.29) is 11.3 Å². The van der Waals surface area contributed by atoms with E-state index in [1.165, 1.54) is 12.8 Å². The van der Waals surface area contributed by atoms with Gasteiger partial charge in [-0.25, -0.2) is 9.50 Å². The van der Waals surface area contributed by atoms with Crippen LogP contribution in [0.5, 0.6) is 0 Å². The van der Waals surface area contributed by atoms with E-state index in [9.17, 15) is 4.79 Å². The van der Waals surface area contributed by atoms with Crippen LogP contribution in [-0.4, -0.2) is 42.2 Å². The lowest BCUT2D eigenvalue weighted by Gasteiger charge is -2.20. The molecule has 0 saturated heterocycles. The number of imidazole rings is 1. The van der Waals surface area contributed by atoms with Crippen molar-refractivity contribution < 1.29 is 4.79 Å². The summed E-state index contributed by atoms with van der Waals surface area (Å²) in [5.41, 5.74) is 12.7. The van der Waals surface area contributed by atoms with Gasteiger partial charge in [-0.3, -0.25) is 9.48 Å². The average Bonchev–Trinajstić information content (AvgIpc) is 3.31. The van der Waals surface area contributed by atoms with Crippen molar-refractivity contribution in [1.82, 2.24) is 24.4 Å². The molecule has 176 valence electrons. The Hall–Kier alpha value is -3.52. The lowest BCUT2D eigenvalue weighted by atomic mass is 9.98. The zero-order valence-electron chi connectivity index (χ0n) is 20.2. The fourth-order valence-corrected chi connectivity index (χ4v) is 4.20. The van der Waals surface area contributed by atoms with Gasteiger partial charge >= 0.3 is 0 Å². The number of benzene rings is 1. The molecule has 4 aromatic rings. The summed E-state index contributed by atoms with van der Waals surface area (Å²) < 4.78 is 3.65. The highest BCUT2D eigenvalue weighted by atomic mass is 16.1. The quantitative estimate of drug-likeness (QED) is 0.384. The van der Waals surface area contributed by atoms with Gasteiger partial charge in [0.1, 0.15) is 5.69 Å². The average molecular weight is 458 g/mol. The third-order valence-corrected chi connectivity index (χ3v) is 6.28. The third kappa shape index (κ3) is 4.46. The molecule has 5 rings (SSSR count). The van der Waals surface area contributed by atoms with E-state index < -0.39 is 0 Å². The van der Waals surface area contributed by atoms with Crippen molar-refractivity contribution in [3.8, 4) is 22.6 Å². The monoisotopic (exact) mass is 457 g/mol. The number of hydrogen-bond acceptors (Lipinski definition) is 6. The van der Waals surface area contributed by atoms with Crippen LogP contribution >= 0.6 is 0 Å². The van der Waals surface area contributed by atoms with E-state index in [2.05, 4.69) is 21.5 Å². The summed E-state index contributed by atoms with van der Waals surface area (Å²) >= 11 is 0. The zero-order valence-corrected chi connectivity index (χ0v) is 20.2. The standard InChI is InChI=1S/C26H31N7O/c1-16-11-18(7-8-19(16)24(34)12-17-5-6-17)23-14-28-25-21(29-15-26(2,3)27)13-20(31-33(23)25)22-9-10-30-32(22)4/h7-11,13-14,17,29H,5-6,12,15,27H2,1-4H3. The highest BCUT2D eigenvalue weighted by Crippen LogP contribution is 2.34. The van der Waals surface area contributed by atoms with Crippen molar-refractivity contribution in [2.75, 3.05) is 11.9 Å². The minimum atomic E-state index is -0.387. The first kappa shape index (κ1) is 22.3. The molecule has 8 heteroatoms. The molecule has 1 aliphatic rings. The number of hydrogen-bond donors (Lipinski definition) is 2. The van der Waals surface area contributed by atoms with Crippen LogP contribution in [0.2, 0.25) is 0 Å². The molecule has 0 atom stereocenters. The summed E-state index contributed by atoms with van der Waals surface area (Å²) in [5.74, 6) is 0.807. The Morgan fingerprint density at radius 2 is 2.00 bits per heavy atom. The molecule has 3 aromatic heterocycles. The van der Waals surface area contributed by atoms with Gasteiger partial charge in [-0.2, -0.15) is 10.2 Å². The number of carbonyl (C=O) groups is 1. The van der Waals surface area contributed by atoms with Crippen LogP contribution < -0.4 is 11.1 Å². The van der Waals surface area contributed by atoms with Gasteiger partial charge in [0.15, 0.2) is 11.4 Å². The fourth-order valence-electron chi connectivity index (χ4n) is 4.20. The predicted molar refractivity (Wildman–Crippen MR) is 134 cm³/mol. The largest absolute Gasteiger partial charge is 0.380 e. The summed E-state index contributed by atoms with van der Waals surface area (Å²) in [6.45, 7) is 6.53. The maximum Gasteiger partial charge on any atom is 0.177 e. The van der Waals surface area contributed by atoms with Crippen molar-refractivity contribution in [1.29, 1.82) is 0 Å². The van der Waals surface area contributed by atoms with Crippen molar-refractivity contribution in [3.05, 3.63) is 53.9 Å². The molecule has 0 radical (unpaired) electrons. The Bertz CT molecular complexity index is 1370. The molecule has 1 saturated carbocycles. The van der Waals surface area contributed by atoms with Crippen LogP contribution in [-0.2, 0) is 7.05 Å². The summed E-state index contributed by atoms with van der Waals surface area (Å²) in [4.78, 5) is 17.4. The van der Waals surface area contributed by atoms with Crippen LogP contribution in [0.4, 0.5) is 5.69 Å². The number of carbonyl (C=O) groups excluding carboxylic acids is 1. The van der Waals surface area contributed by atoms with E-state index in [1.54, 1.807) is 10.9 Å². The molecule has 3 N–H and O–H groups in total. The molecule has 1 aliphatic carbocycles. The van der Waals surface area contributed by atoms with Crippen molar-refractivity contribution >= 4 is 17.1 Å². The highest BCUT2D eigenvalue weighted by Gasteiger charge is 2.26. The molecule has 0 spiro atoms. The molecule has 3 heterocycles. The second-order valence-electron chi connectivity index (χ2n) is 10.1. The zero-order chi connectivity index (χ0) is 24.0. The van der Waals surface area contributed by atoms with Crippen molar-refractivity contribution in [2.24, 2.45) is 18.7 Å². The molecule has 8 nitrogen and oxygen atoms in total. The van der Waals surface area contributed by atoms with Crippen molar-refractivity contribution in [2.45, 2.75) is 45.6 Å². The van der Waals surface area contributed by atoms with E-state index in [1.807, 2.05) is 62.8 Å². The fraction of sp³-hybridized carbons (Fsp3) is 0.385.